The van der Waals surface area contributed by atoms with Gasteiger partial charge in [-0.05, 0) is 72.5 Å². The lowest BCUT2D eigenvalue weighted by atomic mass is 9.69. The van der Waals surface area contributed by atoms with E-state index < -0.39 is 17.4 Å². The van der Waals surface area contributed by atoms with Crippen LogP contribution in [-0.4, -0.2) is 21.9 Å². The first-order valence-corrected chi connectivity index (χ1v) is 12.3. The van der Waals surface area contributed by atoms with Crippen molar-refractivity contribution >= 4 is 28.6 Å². The number of aliphatic carboxylic acids is 1. The minimum absolute atomic E-state index is 0.378. The number of nitriles is 1. The van der Waals surface area contributed by atoms with Crippen molar-refractivity contribution in [1.29, 1.82) is 5.26 Å². The van der Waals surface area contributed by atoms with Crippen LogP contribution >= 0.6 is 11.8 Å². The Morgan fingerprint density at radius 2 is 1.88 bits per heavy atom. The van der Waals surface area contributed by atoms with Crippen molar-refractivity contribution in [2.24, 2.45) is 0 Å². The zero-order valence-corrected chi connectivity index (χ0v) is 19.5. The molecule has 4 aromatic rings. The Bertz CT molecular complexity index is 1420. The first-order chi connectivity index (χ1) is 16.5. The smallest absolute Gasteiger partial charge is 0.331 e. The molecular weight excluding hydrogens is 447 g/mol. The highest BCUT2D eigenvalue weighted by molar-refractivity contribution is 7.98. The van der Waals surface area contributed by atoms with Gasteiger partial charge in [-0.15, -0.1) is 11.8 Å². The molecule has 3 aromatic carbocycles. The summed E-state index contributed by atoms with van der Waals surface area (Å²) < 4.78 is 16.2. The van der Waals surface area contributed by atoms with Crippen LogP contribution in [0, 0.1) is 17.1 Å². The molecule has 4 nitrogen and oxygen atoms in total. The number of benzene rings is 3. The van der Waals surface area contributed by atoms with Gasteiger partial charge in [-0.3, -0.25) is 0 Å². The molecule has 0 spiro atoms. The van der Waals surface area contributed by atoms with E-state index in [1.807, 2.05) is 65.4 Å². The molecule has 1 N–H and O–H groups in total. The number of aromatic nitrogens is 1. The summed E-state index contributed by atoms with van der Waals surface area (Å²) in [5.74, 6) is -1.35. The second-order valence-corrected chi connectivity index (χ2v) is 9.59. The van der Waals surface area contributed by atoms with E-state index in [0.717, 1.165) is 21.7 Å². The predicted molar refractivity (Wildman–Crippen MR) is 132 cm³/mol. The van der Waals surface area contributed by atoms with Gasteiger partial charge in [0, 0.05) is 21.5 Å². The first-order valence-electron chi connectivity index (χ1n) is 11.1. The Morgan fingerprint density at radius 1 is 1.15 bits per heavy atom. The number of hydrogen-bond acceptors (Lipinski definition) is 3. The molecule has 0 saturated carbocycles. The third kappa shape index (κ3) is 3.57. The molecule has 1 aromatic heterocycles. The summed E-state index contributed by atoms with van der Waals surface area (Å²) in [6, 6.07) is 23.3. The van der Waals surface area contributed by atoms with Crippen LogP contribution in [0.4, 0.5) is 4.39 Å². The zero-order valence-electron chi connectivity index (χ0n) is 18.7. The van der Waals surface area contributed by atoms with Gasteiger partial charge in [-0.25, -0.2) is 9.18 Å². The monoisotopic (exact) mass is 470 g/mol. The fraction of sp³-hybridized carbons (Fsp3) is 0.214. The molecule has 0 amide bonds. The molecule has 1 heterocycles. The predicted octanol–water partition coefficient (Wildman–Crippen LogP) is 6.13. The maximum Gasteiger partial charge on any atom is 0.331 e. The average molecular weight is 471 g/mol. The van der Waals surface area contributed by atoms with Crippen LogP contribution in [0.1, 0.15) is 34.8 Å². The number of nitrogens with zero attached hydrogens (tertiary/aromatic N) is 2. The Balaban J connectivity index is 1.73. The summed E-state index contributed by atoms with van der Waals surface area (Å²) in [6.07, 6.45) is 3.48. The van der Waals surface area contributed by atoms with Crippen LogP contribution in [0.3, 0.4) is 0 Å². The minimum Gasteiger partial charge on any atom is -0.479 e. The summed E-state index contributed by atoms with van der Waals surface area (Å²) in [6.45, 7) is 0. The molecule has 1 aliphatic carbocycles. The van der Waals surface area contributed by atoms with Crippen molar-refractivity contribution in [2.75, 3.05) is 6.26 Å². The van der Waals surface area contributed by atoms with Gasteiger partial charge in [0.15, 0.2) is 6.04 Å². The highest BCUT2D eigenvalue weighted by Crippen LogP contribution is 2.44. The molecule has 5 rings (SSSR count). The number of carboxylic acids is 1. The molecule has 170 valence electrons. The third-order valence-electron chi connectivity index (χ3n) is 6.91. The van der Waals surface area contributed by atoms with E-state index in [2.05, 4.69) is 6.07 Å². The van der Waals surface area contributed by atoms with Crippen molar-refractivity contribution < 1.29 is 14.3 Å². The quantitative estimate of drug-likeness (QED) is 0.357. The maximum atomic E-state index is 14.4. The lowest BCUT2D eigenvalue weighted by Crippen LogP contribution is -2.33. The van der Waals surface area contributed by atoms with Gasteiger partial charge in [-0.1, -0.05) is 42.5 Å². The van der Waals surface area contributed by atoms with Gasteiger partial charge in [0.1, 0.15) is 5.82 Å². The molecule has 1 aliphatic rings. The fourth-order valence-electron chi connectivity index (χ4n) is 5.24. The molecular formula is C28H23FN2O2S. The largest absolute Gasteiger partial charge is 0.479 e. The molecule has 0 fully saturated rings. The summed E-state index contributed by atoms with van der Waals surface area (Å²) in [5, 5.41) is 21.2. The molecule has 0 saturated heterocycles. The zero-order chi connectivity index (χ0) is 23.9. The van der Waals surface area contributed by atoms with E-state index in [-0.39, 0.29) is 5.82 Å². The van der Waals surface area contributed by atoms with Gasteiger partial charge < -0.3 is 9.67 Å². The highest BCUT2D eigenvalue weighted by atomic mass is 32.2. The van der Waals surface area contributed by atoms with Crippen LogP contribution < -0.4 is 0 Å². The van der Waals surface area contributed by atoms with Crippen molar-refractivity contribution in [3.05, 3.63) is 101 Å². The van der Waals surface area contributed by atoms with Gasteiger partial charge in [0.05, 0.1) is 11.5 Å². The topological polar surface area (TPSA) is 66.0 Å². The van der Waals surface area contributed by atoms with Crippen LogP contribution in [0.2, 0.25) is 0 Å². The van der Waals surface area contributed by atoms with E-state index in [9.17, 15) is 19.6 Å². The van der Waals surface area contributed by atoms with Crippen molar-refractivity contribution in [1.82, 2.24) is 4.57 Å². The summed E-state index contributed by atoms with van der Waals surface area (Å²) in [5.41, 5.74) is 3.26. The molecule has 34 heavy (non-hydrogen) atoms. The number of thioether (sulfide) groups is 1. The molecule has 0 radical (unpaired) electrons. The Kier molecular flexibility index (Phi) is 5.66. The second-order valence-electron chi connectivity index (χ2n) is 8.71. The van der Waals surface area contributed by atoms with Crippen molar-refractivity contribution in [3.63, 3.8) is 0 Å². The normalized spacial score (nSPS) is 18.3. The van der Waals surface area contributed by atoms with E-state index in [1.54, 1.807) is 17.8 Å². The lowest BCUT2D eigenvalue weighted by Gasteiger charge is -2.33. The first kappa shape index (κ1) is 22.2. The van der Waals surface area contributed by atoms with Gasteiger partial charge >= 0.3 is 5.97 Å². The molecule has 0 aliphatic heterocycles. The molecule has 2 unspecified atom stereocenters. The average Bonchev–Trinajstić information content (AvgIpc) is 3.17. The van der Waals surface area contributed by atoms with Crippen LogP contribution in [-0.2, 0) is 23.1 Å². The lowest BCUT2D eigenvalue weighted by molar-refractivity contribution is -0.139. The Hall–Kier alpha value is -3.56. The Morgan fingerprint density at radius 3 is 2.53 bits per heavy atom. The third-order valence-corrected chi connectivity index (χ3v) is 7.66. The van der Waals surface area contributed by atoms with E-state index in [1.165, 1.54) is 12.1 Å². The number of rotatable bonds is 5. The number of fused-ring (bicyclic) bond motifs is 3. The summed E-state index contributed by atoms with van der Waals surface area (Å²) in [4.78, 5) is 13.7. The van der Waals surface area contributed by atoms with Crippen LogP contribution in [0.25, 0.3) is 10.9 Å². The fourth-order valence-corrected chi connectivity index (χ4v) is 5.65. The molecule has 0 bridgehead atoms. The number of carbonyl (C=O) groups is 1. The van der Waals surface area contributed by atoms with E-state index in [0.29, 0.717) is 35.7 Å². The van der Waals surface area contributed by atoms with Gasteiger partial charge in [-0.2, -0.15) is 5.26 Å². The summed E-state index contributed by atoms with van der Waals surface area (Å²) >= 11 is 1.60. The number of hydrogen-bond donors (Lipinski definition) is 1. The standard InChI is InChI=1S/C28H23FN2O2S/c1-34-21-10-7-18(8-11-21)26(27(32)33)31-24-12-9-20(29)15-22(24)23-16-28(17-30,14-13-25(23)31)19-5-3-2-4-6-19/h2-12,15,26H,13-14,16H2,1H3,(H,32,33). The highest BCUT2D eigenvalue weighted by Gasteiger charge is 2.40. The van der Waals surface area contributed by atoms with Crippen molar-refractivity contribution in [3.8, 4) is 6.07 Å². The Labute approximate surface area is 201 Å². The molecule has 2 atom stereocenters. The maximum absolute atomic E-state index is 14.4. The summed E-state index contributed by atoms with van der Waals surface area (Å²) in [7, 11) is 0. The SMILES string of the molecule is CSc1ccc(C(C(=O)O)n2c3c(c4cc(F)ccc42)CC(C#N)(c2ccccc2)CC3)cc1. The van der Waals surface area contributed by atoms with Crippen LogP contribution in [0.15, 0.2) is 77.7 Å². The van der Waals surface area contributed by atoms with Crippen molar-refractivity contribution in [2.45, 2.75) is 35.6 Å². The molecule has 6 heteroatoms. The van der Waals surface area contributed by atoms with E-state index in [4.69, 9.17) is 0 Å². The second kappa shape index (κ2) is 8.66. The van der Waals surface area contributed by atoms with E-state index >= 15 is 0 Å². The number of carboxylic acid groups (broad SMARTS) is 1. The van der Waals surface area contributed by atoms with Gasteiger partial charge in [0.2, 0.25) is 0 Å². The van der Waals surface area contributed by atoms with Crippen LogP contribution in [0.5, 0.6) is 0 Å². The minimum atomic E-state index is -0.971. The van der Waals surface area contributed by atoms with Gasteiger partial charge in [0.25, 0.3) is 0 Å². The number of halogens is 1.